The maximum Gasteiger partial charge on any atom is 0.193 e. The van der Waals surface area contributed by atoms with Crippen molar-refractivity contribution in [2.24, 2.45) is 4.99 Å². The van der Waals surface area contributed by atoms with Crippen LogP contribution in [0.3, 0.4) is 0 Å². The number of ether oxygens (including phenoxy) is 4. The van der Waals surface area contributed by atoms with Gasteiger partial charge in [-0.15, -0.1) is 24.0 Å². The lowest BCUT2D eigenvalue weighted by Crippen LogP contribution is -2.47. The van der Waals surface area contributed by atoms with Gasteiger partial charge in [-0.3, -0.25) is 4.99 Å². The van der Waals surface area contributed by atoms with Gasteiger partial charge in [0.25, 0.3) is 0 Å². The fraction of sp³-hybridized carbons (Fsp3) is 0.696. The highest BCUT2D eigenvalue weighted by atomic mass is 127. The van der Waals surface area contributed by atoms with Crippen LogP contribution in [0.5, 0.6) is 5.75 Å². The van der Waals surface area contributed by atoms with Crippen LogP contribution in [0.25, 0.3) is 0 Å². The van der Waals surface area contributed by atoms with Crippen LogP contribution >= 0.6 is 24.0 Å². The highest BCUT2D eigenvalue weighted by molar-refractivity contribution is 14.0. The third-order valence-corrected chi connectivity index (χ3v) is 5.68. The summed E-state index contributed by atoms with van der Waals surface area (Å²) in [4.78, 5) is 6.79. The number of nitrogens with zero attached hydrogens (tertiary/aromatic N) is 2. The van der Waals surface area contributed by atoms with E-state index >= 15 is 0 Å². The molecule has 0 bridgehead atoms. The number of methoxy groups -OCH3 is 1. The number of likely N-dealkylation sites (tertiary alicyclic amines) is 1. The van der Waals surface area contributed by atoms with Gasteiger partial charge < -0.3 is 29.2 Å². The second kappa shape index (κ2) is 14.9. The van der Waals surface area contributed by atoms with Crippen molar-refractivity contribution in [2.45, 2.75) is 50.9 Å². The molecule has 1 N–H and O–H groups in total. The predicted octanol–water partition coefficient (Wildman–Crippen LogP) is 3.46. The van der Waals surface area contributed by atoms with Gasteiger partial charge in [0.2, 0.25) is 0 Å². The quantitative estimate of drug-likeness (QED) is 0.221. The Labute approximate surface area is 203 Å². The fourth-order valence-electron chi connectivity index (χ4n) is 3.88. The normalized spacial score (nSPS) is 20.3. The number of halogens is 1. The van der Waals surface area contributed by atoms with E-state index in [2.05, 4.69) is 27.3 Å². The first-order valence-corrected chi connectivity index (χ1v) is 11.2. The standard InChI is InChI=1S/C23H37N3O4.HI/c1-24-23(25-17-19-6-8-20(9-7-19)29-16-15-27-2)26-12-10-21(11-13-26)30-18-22-5-3-4-14-28-22;/h6-9,21-22H,3-5,10-18H2,1-2H3,(H,24,25);1H. The molecule has 0 spiro atoms. The molecule has 176 valence electrons. The van der Waals surface area contributed by atoms with Gasteiger partial charge in [0, 0.05) is 40.4 Å². The van der Waals surface area contributed by atoms with Gasteiger partial charge >= 0.3 is 0 Å². The number of guanidine groups is 1. The number of nitrogens with one attached hydrogen (secondary N) is 1. The topological polar surface area (TPSA) is 64.6 Å². The predicted molar refractivity (Wildman–Crippen MR) is 134 cm³/mol. The smallest absolute Gasteiger partial charge is 0.193 e. The zero-order valence-electron chi connectivity index (χ0n) is 18.9. The summed E-state index contributed by atoms with van der Waals surface area (Å²) in [5, 5.41) is 3.48. The molecule has 1 atom stereocenters. The number of rotatable bonds is 9. The Kier molecular flexibility index (Phi) is 12.5. The molecular formula is C23H38IN3O4. The van der Waals surface area contributed by atoms with E-state index in [0.29, 0.717) is 25.4 Å². The molecule has 0 saturated carbocycles. The largest absolute Gasteiger partial charge is 0.491 e. The Morgan fingerprint density at radius 2 is 1.90 bits per heavy atom. The average Bonchev–Trinajstić information content (AvgIpc) is 2.81. The summed E-state index contributed by atoms with van der Waals surface area (Å²) in [6.45, 7) is 5.44. The van der Waals surface area contributed by atoms with Gasteiger partial charge in [-0.1, -0.05) is 12.1 Å². The molecule has 0 aromatic heterocycles. The third-order valence-electron chi connectivity index (χ3n) is 5.68. The van der Waals surface area contributed by atoms with Crippen LogP contribution in [0.1, 0.15) is 37.7 Å². The molecule has 2 fully saturated rings. The molecule has 2 aliphatic heterocycles. The molecule has 2 heterocycles. The molecule has 2 saturated heterocycles. The lowest BCUT2D eigenvalue weighted by Gasteiger charge is -2.35. The van der Waals surface area contributed by atoms with Gasteiger partial charge in [-0.25, -0.2) is 0 Å². The SMILES string of the molecule is CN=C(NCc1ccc(OCCOC)cc1)N1CCC(OCC2CCCCO2)CC1.I. The number of benzene rings is 1. The number of aliphatic imine (C=N–C) groups is 1. The Morgan fingerprint density at radius 1 is 1.13 bits per heavy atom. The van der Waals surface area contributed by atoms with E-state index in [1.54, 1.807) is 7.11 Å². The highest BCUT2D eigenvalue weighted by Crippen LogP contribution is 2.18. The first kappa shape index (κ1) is 26.2. The van der Waals surface area contributed by atoms with Crippen LogP contribution in [-0.4, -0.2) is 76.7 Å². The van der Waals surface area contributed by atoms with Crippen molar-refractivity contribution in [1.29, 1.82) is 0 Å². The summed E-state index contributed by atoms with van der Waals surface area (Å²) in [5.74, 6) is 1.81. The summed E-state index contributed by atoms with van der Waals surface area (Å²) >= 11 is 0. The summed E-state index contributed by atoms with van der Waals surface area (Å²) in [6, 6.07) is 8.15. The maximum atomic E-state index is 6.13. The van der Waals surface area contributed by atoms with Gasteiger partial charge in [0.1, 0.15) is 12.4 Å². The van der Waals surface area contributed by atoms with Crippen LogP contribution in [0.2, 0.25) is 0 Å². The highest BCUT2D eigenvalue weighted by Gasteiger charge is 2.23. The summed E-state index contributed by atoms with van der Waals surface area (Å²) in [6.07, 6.45) is 6.27. The van der Waals surface area contributed by atoms with Crippen molar-refractivity contribution in [3.05, 3.63) is 29.8 Å². The second-order valence-corrected chi connectivity index (χ2v) is 7.89. The Hall–Kier alpha value is -1.10. The molecule has 7 nitrogen and oxygen atoms in total. The fourth-order valence-corrected chi connectivity index (χ4v) is 3.88. The monoisotopic (exact) mass is 547 g/mol. The minimum absolute atomic E-state index is 0. The first-order chi connectivity index (χ1) is 14.8. The van der Waals surface area contributed by atoms with E-state index < -0.39 is 0 Å². The number of hydrogen-bond acceptors (Lipinski definition) is 5. The van der Waals surface area contributed by atoms with E-state index in [0.717, 1.165) is 63.8 Å². The van der Waals surface area contributed by atoms with Gasteiger partial charge in [0.15, 0.2) is 5.96 Å². The van der Waals surface area contributed by atoms with Crippen molar-refractivity contribution in [3.8, 4) is 5.75 Å². The molecule has 0 amide bonds. The zero-order chi connectivity index (χ0) is 21.0. The van der Waals surface area contributed by atoms with Crippen molar-refractivity contribution < 1.29 is 18.9 Å². The zero-order valence-corrected chi connectivity index (χ0v) is 21.2. The number of piperidine rings is 1. The summed E-state index contributed by atoms with van der Waals surface area (Å²) in [5.41, 5.74) is 1.20. The van der Waals surface area contributed by atoms with E-state index in [-0.39, 0.29) is 24.0 Å². The maximum absolute atomic E-state index is 6.13. The van der Waals surface area contributed by atoms with Gasteiger partial charge in [0.05, 0.1) is 25.4 Å². The molecule has 0 aliphatic carbocycles. The van der Waals surface area contributed by atoms with Crippen LogP contribution in [0.15, 0.2) is 29.3 Å². The Morgan fingerprint density at radius 3 is 2.55 bits per heavy atom. The van der Waals surface area contributed by atoms with E-state index in [1.165, 1.54) is 18.4 Å². The molecule has 0 radical (unpaired) electrons. The van der Waals surface area contributed by atoms with E-state index in [4.69, 9.17) is 18.9 Å². The average molecular weight is 547 g/mol. The summed E-state index contributed by atoms with van der Waals surface area (Å²) in [7, 11) is 3.52. The van der Waals surface area contributed by atoms with Crippen LogP contribution in [0.4, 0.5) is 0 Å². The van der Waals surface area contributed by atoms with Crippen LogP contribution < -0.4 is 10.1 Å². The minimum Gasteiger partial charge on any atom is -0.491 e. The van der Waals surface area contributed by atoms with Crippen LogP contribution in [-0.2, 0) is 20.8 Å². The van der Waals surface area contributed by atoms with Crippen LogP contribution in [0, 0.1) is 0 Å². The lowest BCUT2D eigenvalue weighted by molar-refractivity contribution is -0.0721. The molecule has 2 aliphatic rings. The first-order valence-electron chi connectivity index (χ1n) is 11.2. The molecular weight excluding hydrogens is 509 g/mol. The third kappa shape index (κ3) is 9.11. The van der Waals surface area contributed by atoms with Crippen molar-refractivity contribution in [1.82, 2.24) is 10.2 Å². The van der Waals surface area contributed by atoms with Crippen molar-refractivity contribution in [3.63, 3.8) is 0 Å². The molecule has 1 aromatic carbocycles. The lowest BCUT2D eigenvalue weighted by atomic mass is 10.1. The molecule has 8 heteroatoms. The number of hydrogen-bond donors (Lipinski definition) is 1. The minimum atomic E-state index is 0. The van der Waals surface area contributed by atoms with E-state index in [1.807, 2.05) is 19.2 Å². The Bertz CT molecular complexity index is 630. The van der Waals surface area contributed by atoms with Crippen molar-refractivity contribution >= 4 is 29.9 Å². The van der Waals surface area contributed by atoms with Gasteiger partial charge in [-0.2, -0.15) is 0 Å². The molecule has 1 unspecified atom stereocenters. The second-order valence-electron chi connectivity index (χ2n) is 7.89. The Balaban J connectivity index is 0.00000341. The van der Waals surface area contributed by atoms with Gasteiger partial charge in [-0.05, 0) is 49.8 Å². The molecule has 31 heavy (non-hydrogen) atoms. The summed E-state index contributed by atoms with van der Waals surface area (Å²) < 4.78 is 22.5. The molecule has 1 aromatic rings. The molecule has 3 rings (SSSR count). The van der Waals surface area contributed by atoms with Crippen molar-refractivity contribution in [2.75, 3.05) is 53.7 Å². The van der Waals surface area contributed by atoms with E-state index in [9.17, 15) is 0 Å².